The van der Waals surface area contributed by atoms with Crippen LogP contribution >= 0.6 is 0 Å². The Bertz CT molecular complexity index is 784. The zero-order valence-electron chi connectivity index (χ0n) is 12.5. The van der Waals surface area contributed by atoms with E-state index in [0.717, 1.165) is 6.42 Å². The quantitative estimate of drug-likeness (QED) is 0.685. The molecule has 1 unspecified atom stereocenters. The number of rotatable bonds is 1. The van der Waals surface area contributed by atoms with Gasteiger partial charge in [0.25, 0.3) is 0 Å². The average Bonchev–Trinajstić information content (AvgIpc) is 2.85. The first kappa shape index (κ1) is 12.7. The molecule has 3 aromatic rings. The van der Waals surface area contributed by atoms with Gasteiger partial charge in [-0.25, -0.2) is 0 Å². The zero-order chi connectivity index (χ0) is 14.4. The lowest BCUT2D eigenvalue weighted by Gasteiger charge is -2.37. The van der Waals surface area contributed by atoms with E-state index in [9.17, 15) is 0 Å². The third-order valence-corrected chi connectivity index (χ3v) is 4.42. The lowest BCUT2D eigenvalue weighted by molar-refractivity contribution is 0.331. The van der Waals surface area contributed by atoms with Gasteiger partial charge in [-0.2, -0.15) is 0 Å². The Morgan fingerprint density at radius 2 is 1.67 bits per heavy atom. The van der Waals surface area contributed by atoms with Crippen LogP contribution in [-0.2, 0) is 6.42 Å². The van der Waals surface area contributed by atoms with Gasteiger partial charge in [0.2, 0.25) is 0 Å². The van der Waals surface area contributed by atoms with Crippen LogP contribution in [-0.4, -0.2) is 10.5 Å². The van der Waals surface area contributed by atoms with Crippen molar-refractivity contribution in [2.24, 2.45) is 0 Å². The van der Waals surface area contributed by atoms with Crippen LogP contribution in [0.15, 0.2) is 54.6 Å². The van der Waals surface area contributed by atoms with Gasteiger partial charge in [-0.1, -0.05) is 48.5 Å². The van der Waals surface area contributed by atoms with E-state index in [-0.39, 0.29) is 11.6 Å². The Morgan fingerprint density at radius 1 is 0.952 bits per heavy atom. The molecule has 2 heterocycles. The maximum atomic E-state index is 3.79. The molecular formula is C19H20N2. The minimum Gasteiger partial charge on any atom is -0.357 e. The van der Waals surface area contributed by atoms with E-state index in [1.54, 1.807) is 0 Å². The molecule has 0 saturated heterocycles. The smallest absolute Gasteiger partial charge is 0.0736 e. The minimum atomic E-state index is 0.0957. The van der Waals surface area contributed by atoms with Crippen molar-refractivity contribution in [1.29, 1.82) is 0 Å². The first-order valence-electron chi connectivity index (χ1n) is 7.56. The lowest BCUT2D eigenvalue weighted by atomic mass is 9.84. The molecule has 0 fully saturated rings. The molecule has 0 saturated carbocycles. The SMILES string of the molecule is CC1(C)Cc2c([nH]c3ccccc23)C(c2ccccc2)N1. The van der Waals surface area contributed by atoms with Gasteiger partial charge in [0, 0.05) is 22.1 Å². The number of fused-ring (bicyclic) bond motifs is 3. The van der Waals surface area contributed by atoms with Crippen LogP contribution in [0.5, 0.6) is 0 Å². The first-order valence-corrected chi connectivity index (χ1v) is 7.56. The fraction of sp³-hybridized carbons (Fsp3) is 0.263. The molecule has 2 nitrogen and oxygen atoms in total. The molecule has 2 aromatic carbocycles. The second-order valence-corrected chi connectivity index (χ2v) is 6.61. The van der Waals surface area contributed by atoms with Crippen molar-refractivity contribution >= 4 is 10.9 Å². The number of para-hydroxylation sites is 1. The molecule has 2 N–H and O–H groups in total. The van der Waals surface area contributed by atoms with Crippen LogP contribution in [0.1, 0.15) is 36.7 Å². The van der Waals surface area contributed by atoms with Crippen LogP contribution < -0.4 is 5.32 Å². The molecule has 106 valence electrons. The van der Waals surface area contributed by atoms with Crippen molar-refractivity contribution in [2.75, 3.05) is 0 Å². The van der Waals surface area contributed by atoms with Crippen molar-refractivity contribution in [1.82, 2.24) is 10.3 Å². The highest BCUT2D eigenvalue weighted by molar-refractivity contribution is 5.85. The van der Waals surface area contributed by atoms with Crippen LogP contribution in [0.4, 0.5) is 0 Å². The summed E-state index contributed by atoms with van der Waals surface area (Å²) >= 11 is 0. The number of H-pyrrole nitrogens is 1. The molecule has 0 spiro atoms. The maximum absolute atomic E-state index is 3.79. The second kappa shape index (κ2) is 4.47. The fourth-order valence-electron chi connectivity index (χ4n) is 3.51. The van der Waals surface area contributed by atoms with Gasteiger partial charge in [-0.3, -0.25) is 5.32 Å². The molecule has 2 heteroatoms. The van der Waals surface area contributed by atoms with Crippen molar-refractivity contribution in [3.63, 3.8) is 0 Å². The third-order valence-electron chi connectivity index (χ3n) is 4.42. The van der Waals surface area contributed by atoms with Gasteiger partial charge in [0.05, 0.1) is 6.04 Å². The summed E-state index contributed by atoms with van der Waals surface area (Å²) in [6.07, 6.45) is 1.05. The van der Waals surface area contributed by atoms with E-state index in [1.807, 2.05) is 0 Å². The first-order chi connectivity index (χ1) is 10.1. The monoisotopic (exact) mass is 276 g/mol. The maximum Gasteiger partial charge on any atom is 0.0736 e. The molecule has 1 aliphatic heterocycles. The van der Waals surface area contributed by atoms with Crippen LogP contribution in [0.25, 0.3) is 10.9 Å². The zero-order valence-corrected chi connectivity index (χ0v) is 12.5. The molecule has 4 rings (SSSR count). The van der Waals surface area contributed by atoms with Gasteiger partial charge in [0.1, 0.15) is 0 Å². The van der Waals surface area contributed by atoms with E-state index in [1.165, 1.54) is 27.7 Å². The summed E-state index contributed by atoms with van der Waals surface area (Å²) in [6.45, 7) is 4.57. The Balaban J connectivity index is 1.95. The van der Waals surface area contributed by atoms with Crippen molar-refractivity contribution in [3.8, 4) is 0 Å². The van der Waals surface area contributed by atoms with Crippen LogP contribution in [0.2, 0.25) is 0 Å². The van der Waals surface area contributed by atoms with Crippen molar-refractivity contribution in [2.45, 2.75) is 31.8 Å². The van der Waals surface area contributed by atoms with Gasteiger partial charge in [-0.15, -0.1) is 0 Å². The summed E-state index contributed by atoms with van der Waals surface area (Å²) in [7, 11) is 0. The Morgan fingerprint density at radius 3 is 2.48 bits per heavy atom. The molecule has 0 aliphatic carbocycles. The summed E-state index contributed by atoms with van der Waals surface area (Å²) in [6, 6.07) is 19.6. The topological polar surface area (TPSA) is 27.8 Å². The summed E-state index contributed by atoms with van der Waals surface area (Å²) in [5.41, 5.74) is 5.43. The molecule has 21 heavy (non-hydrogen) atoms. The van der Waals surface area contributed by atoms with Gasteiger partial charge < -0.3 is 4.98 Å². The summed E-state index contributed by atoms with van der Waals surface area (Å²) < 4.78 is 0. The largest absolute Gasteiger partial charge is 0.357 e. The van der Waals surface area contributed by atoms with Crippen LogP contribution in [0.3, 0.4) is 0 Å². The van der Waals surface area contributed by atoms with Gasteiger partial charge in [0.15, 0.2) is 0 Å². The van der Waals surface area contributed by atoms with Gasteiger partial charge >= 0.3 is 0 Å². The highest BCUT2D eigenvalue weighted by atomic mass is 15.0. The molecule has 0 bridgehead atoms. The van der Waals surface area contributed by atoms with E-state index < -0.39 is 0 Å². The predicted molar refractivity (Wildman–Crippen MR) is 87.5 cm³/mol. The molecule has 0 amide bonds. The van der Waals surface area contributed by atoms with Crippen molar-refractivity contribution < 1.29 is 0 Å². The molecule has 1 aromatic heterocycles. The van der Waals surface area contributed by atoms with Crippen LogP contribution in [0, 0.1) is 0 Å². The Hall–Kier alpha value is -2.06. The number of aromatic amines is 1. The predicted octanol–water partition coefficient (Wildman–Crippen LogP) is 4.18. The number of hydrogen-bond acceptors (Lipinski definition) is 1. The number of nitrogens with one attached hydrogen (secondary N) is 2. The Labute approximate surface area is 125 Å². The third kappa shape index (κ3) is 2.07. The van der Waals surface area contributed by atoms with E-state index in [0.29, 0.717) is 0 Å². The van der Waals surface area contributed by atoms with E-state index >= 15 is 0 Å². The number of benzene rings is 2. The molecule has 0 radical (unpaired) electrons. The fourth-order valence-corrected chi connectivity index (χ4v) is 3.51. The number of hydrogen-bond donors (Lipinski definition) is 2. The average molecular weight is 276 g/mol. The molecule has 1 aliphatic rings. The van der Waals surface area contributed by atoms with Gasteiger partial charge in [-0.05, 0) is 37.5 Å². The highest BCUT2D eigenvalue weighted by Crippen LogP contribution is 2.37. The number of aromatic nitrogens is 1. The minimum absolute atomic E-state index is 0.0957. The molecule has 1 atom stereocenters. The summed E-state index contributed by atoms with van der Waals surface area (Å²) in [5, 5.41) is 5.16. The standard InChI is InChI=1S/C19H20N2/c1-19(2)12-15-14-10-6-7-11-16(14)20-18(15)17(21-19)13-8-4-3-5-9-13/h3-11,17,20-21H,12H2,1-2H3. The lowest BCUT2D eigenvalue weighted by Crippen LogP contribution is -2.47. The van der Waals surface area contributed by atoms with E-state index in [4.69, 9.17) is 0 Å². The second-order valence-electron chi connectivity index (χ2n) is 6.61. The van der Waals surface area contributed by atoms with Crippen molar-refractivity contribution in [3.05, 3.63) is 71.4 Å². The highest BCUT2D eigenvalue weighted by Gasteiger charge is 2.34. The Kier molecular flexibility index (Phi) is 2.69. The summed E-state index contributed by atoms with van der Waals surface area (Å²) in [5.74, 6) is 0. The molecular weight excluding hydrogens is 256 g/mol. The normalized spacial score (nSPS) is 20.4. The van der Waals surface area contributed by atoms with E-state index in [2.05, 4.69) is 78.7 Å². The summed E-state index contributed by atoms with van der Waals surface area (Å²) in [4.78, 5) is 3.64.